The monoisotopic (exact) mass is 312 g/mol. The summed E-state index contributed by atoms with van der Waals surface area (Å²) in [6.45, 7) is 0. The van der Waals surface area contributed by atoms with E-state index in [4.69, 9.17) is 23.2 Å². The van der Waals surface area contributed by atoms with Crippen LogP contribution in [0.15, 0.2) is 0 Å². The molecular weight excluding hydrogens is 295 g/mol. The predicted octanol–water partition coefficient (Wildman–Crippen LogP) is 3.60. The Morgan fingerprint density at radius 2 is 0.800 bits per heavy atom. The third-order valence-corrected chi connectivity index (χ3v) is 8.69. The average molecular weight is 313 g/mol. The van der Waals surface area contributed by atoms with Gasteiger partial charge in [0.25, 0.3) is 0 Å². The zero-order chi connectivity index (χ0) is 13.9. The van der Waals surface area contributed by atoms with E-state index in [9.17, 15) is 9.59 Å². The number of hydrogen-bond acceptors (Lipinski definition) is 2. The standard InChI is InChI=1S/C16H18Cl2O2/c17-13(19)15-1-7-8-4-16(14(18)20)5-9(7)11(3-15)12(6-16)10(8)2-15/h7-12H,1-6H2. The molecule has 7 rings (SSSR count). The molecule has 7 aliphatic rings. The molecule has 2 nitrogen and oxygen atoms in total. The Morgan fingerprint density at radius 1 is 0.600 bits per heavy atom. The molecule has 0 heterocycles. The zero-order valence-corrected chi connectivity index (χ0v) is 12.8. The van der Waals surface area contributed by atoms with Crippen LogP contribution in [-0.4, -0.2) is 10.5 Å². The molecule has 20 heavy (non-hydrogen) atoms. The number of halogens is 2. The van der Waals surface area contributed by atoms with E-state index in [1.54, 1.807) is 0 Å². The lowest BCUT2D eigenvalue weighted by molar-refractivity contribution is -0.244. The Labute approximate surface area is 128 Å². The highest BCUT2D eigenvalue weighted by molar-refractivity contribution is 6.65. The molecule has 0 saturated heterocycles. The molecule has 7 saturated carbocycles. The Balaban J connectivity index is 1.61. The van der Waals surface area contributed by atoms with Crippen molar-refractivity contribution in [2.24, 2.45) is 46.3 Å². The Kier molecular flexibility index (Phi) is 2.15. The van der Waals surface area contributed by atoms with Gasteiger partial charge in [0.1, 0.15) is 0 Å². The van der Waals surface area contributed by atoms with Crippen molar-refractivity contribution in [3.05, 3.63) is 0 Å². The summed E-state index contributed by atoms with van der Waals surface area (Å²) in [4.78, 5) is 24.0. The molecule has 0 aliphatic heterocycles. The molecule has 0 amide bonds. The molecule has 8 bridgehead atoms. The van der Waals surface area contributed by atoms with Crippen molar-refractivity contribution >= 4 is 33.7 Å². The zero-order valence-electron chi connectivity index (χ0n) is 11.3. The highest BCUT2D eigenvalue weighted by Crippen LogP contribution is 2.77. The smallest absolute Gasteiger partial charge is 0.227 e. The van der Waals surface area contributed by atoms with Gasteiger partial charge in [-0.05, 0) is 97.2 Å². The highest BCUT2D eigenvalue weighted by Gasteiger charge is 2.72. The van der Waals surface area contributed by atoms with Gasteiger partial charge in [0.2, 0.25) is 10.5 Å². The first-order chi connectivity index (χ1) is 9.46. The second-order valence-corrected chi connectivity index (χ2v) is 9.00. The Morgan fingerprint density at radius 3 is 0.950 bits per heavy atom. The third-order valence-electron chi connectivity index (χ3n) is 7.89. The minimum absolute atomic E-state index is 0.0892. The van der Waals surface area contributed by atoms with Crippen molar-refractivity contribution in [3.63, 3.8) is 0 Å². The molecule has 0 radical (unpaired) electrons. The molecule has 0 aromatic heterocycles. The fourth-order valence-corrected chi connectivity index (χ4v) is 7.87. The van der Waals surface area contributed by atoms with E-state index < -0.39 is 0 Å². The maximum Gasteiger partial charge on any atom is 0.227 e. The van der Waals surface area contributed by atoms with Crippen LogP contribution in [0.25, 0.3) is 0 Å². The van der Waals surface area contributed by atoms with Crippen molar-refractivity contribution in [1.82, 2.24) is 0 Å². The van der Waals surface area contributed by atoms with E-state index in [-0.39, 0.29) is 21.3 Å². The molecular formula is C16H18Cl2O2. The molecule has 0 unspecified atom stereocenters. The van der Waals surface area contributed by atoms with Gasteiger partial charge < -0.3 is 0 Å². The molecule has 7 aliphatic carbocycles. The van der Waals surface area contributed by atoms with Crippen LogP contribution in [0.3, 0.4) is 0 Å². The highest BCUT2D eigenvalue weighted by atomic mass is 35.5. The minimum Gasteiger partial charge on any atom is -0.281 e. The number of carbonyl (C=O) groups excluding carboxylic acids is 2. The van der Waals surface area contributed by atoms with E-state index in [2.05, 4.69) is 0 Å². The van der Waals surface area contributed by atoms with Crippen LogP contribution in [0, 0.1) is 46.3 Å². The Hall–Kier alpha value is -0.0800. The third kappa shape index (κ3) is 1.18. The first-order valence-corrected chi connectivity index (χ1v) is 8.61. The Bertz CT molecular complexity index is 430. The van der Waals surface area contributed by atoms with Gasteiger partial charge in [0, 0.05) is 10.8 Å². The maximum absolute atomic E-state index is 12.0. The topological polar surface area (TPSA) is 34.1 Å². The number of rotatable bonds is 2. The van der Waals surface area contributed by atoms with Crippen LogP contribution in [-0.2, 0) is 9.59 Å². The molecule has 0 spiro atoms. The number of carbonyl (C=O) groups is 2. The lowest BCUT2D eigenvalue weighted by Gasteiger charge is -2.73. The molecule has 7 fully saturated rings. The van der Waals surface area contributed by atoms with Crippen molar-refractivity contribution < 1.29 is 9.59 Å². The quantitative estimate of drug-likeness (QED) is 0.730. The van der Waals surface area contributed by atoms with Crippen molar-refractivity contribution in [3.8, 4) is 0 Å². The lowest BCUT2D eigenvalue weighted by atomic mass is 9.31. The summed E-state index contributed by atoms with van der Waals surface area (Å²) < 4.78 is 0. The first kappa shape index (κ1) is 12.5. The summed E-state index contributed by atoms with van der Waals surface area (Å²) in [5.74, 6) is 3.81. The van der Waals surface area contributed by atoms with E-state index in [0.717, 1.165) is 38.5 Å². The maximum atomic E-state index is 12.0. The lowest BCUT2D eigenvalue weighted by Crippen LogP contribution is -2.69. The second-order valence-electron chi connectivity index (χ2n) is 8.32. The summed E-state index contributed by atoms with van der Waals surface area (Å²) in [5, 5.41) is -0.178. The summed E-state index contributed by atoms with van der Waals surface area (Å²) in [5.41, 5.74) is -0.430. The van der Waals surface area contributed by atoms with E-state index >= 15 is 0 Å². The van der Waals surface area contributed by atoms with Gasteiger partial charge >= 0.3 is 0 Å². The van der Waals surface area contributed by atoms with Crippen LogP contribution in [0.1, 0.15) is 38.5 Å². The SMILES string of the molecule is O=C(Cl)C12CC3C4CC5(C(=O)Cl)CC3C(C1)C(C5)C4C2. The van der Waals surface area contributed by atoms with Crippen molar-refractivity contribution in [2.45, 2.75) is 38.5 Å². The largest absolute Gasteiger partial charge is 0.281 e. The van der Waals surface area contributed by atoms with E-state index in [1.807, 2.05) is 0 Å². The molecule has 0 atom stereocenters. The van der Waals surface area contributed by atoms with Crippen LogP contribution in [0.2, 0.25) is 0 Å². The first-order valence-electron chi connectivity index (χ1n) is 7.86. The van der Waals surface area contributed by atoms with E-state index in [1.165, 1.54) is 0 Å². The normalized spacial score (nSPS) is 61.1. The predicted molar refractivity (Wildman–Crippen MR) is 75.2 cm³/mol. The van der Waals surface area contributed by atoms with Gasteiger partial charge in [-0.2, -0.15) is 0 Å². The van der Waals surface area contributed by atoms with Crippen LogP contribution in [0.5, 0.6) is 0 Å². The molecule has 0 N–H and O–H groups in total. The second kappa shape index (κ2) is 3.46. The van der Waals surface area contributed by atoms with Gasteiger partial charge in [-0.1, -0.05) is 0 Å². The van der Waals surface area contributed by atoms with Crippen molar-refractivity contribution in [2.75, 3.05) is 0 Å². The minimum atomic E-state index is -0.215. The molecule has 0 aromatic carbocycles. The summed E-state index contributed by atoms with van der Waals surface area (Å²) >= 11 is 12.0. The van der Waals surface area contributed by atoms with Gasteiger partial charge in [-0.3, -0.25) is 9.59 Å². The molecule has 4 heteroatoms. The summed E-state index contributed by atoms with van der Waals surface area (Å²) in [6, 6.07) is 0. The molecule has 0 aromatic rings. The number of hydrogen-bond donors (Lipinski definition) is 0. The van der Waals surface area contributed by atoms with E-state index in [0.29, 0.717) is 35.5 Å². The van der Waals surface area contributed by atoms with Crippen LogP contribution >= 0.6 is 23.2 Å². The van der Waals surface area contributed by atoms with Crippen LogP contribution in [0.4, 0.5) is 0 Å². The van der Waals surface area contributed by atoms with Gasteiger partial charge in [0.05, 0.1) is 0 Å². The van der Waals surface area contributed by atoms with Gasteiger partial charge in [-0.25, -0.2) is 0 Å². The van der Waals surface area contributed by atoms with Crippen molar-refractivity contribution in [1.29, 1.82) is 0 Å². The van der Waals surface area contributed by atoms with Gasteiger partial charge in [0.15, 0.2) is 0 Å². The average Bonchev–Trinajstić information content (AvgIpc) is 2.43. The summed E-state index contributed by atoms with van der Waals surface area (Å²) in [7, 11) is 0. The fourth-order valence-electron chi connectivity index (χ4n) is 7.41. The molecule has 108 valence electrons. The van der Waals surface area contributed by atoms with Crippen LogP contribution < -0.4 is 0 Å². The summed E-state index contributed by atoms with van der Waals surface area (Å²) in [6.07, 6.45) is 5.90. The fraction of sp³-hybridized carbons (Fsp3) is 0.875. The van der Waals surface area contributed by atoms with Gasteiger partial charge in [-0.15, -0.1) is 0 Å².